The number of hydrogen-bond acceptors (Lipinski definition) is 5. The second-order valence-corrected chi connectivity index (χ2v) is 6.76. The topological polar surface area (TPSA) is 66.0 Å². The fourth-order valence-corrected chi connectivity index (χ4v) is 2.88. The van der Waals surface area contributed by atoms with E-state index in [2.05, 4.69) is 12.2 Å². The minimum Gasteiger partial charge on any atom is -0.495 e. The van der Waals surface area contributed by atoms with Gasteiger partial charge in [-0.2, -0.15) is 0 Å². The molecule has 0 heterocycles. The van der Waals surface area contributed by atoms with E-state index in [-0.39, 0.29) is 5.91 Å². The number of ether oxygens (including phenoxy) is 4. The molecule has 1 N–H and O–H groups in total. The summed E-state index contributed by atoms with van der Waals surface area (Å²) in [6.07, 6.45) is 5.17. The lowest BCUT2D eigenvalue weighted by atomic mass is 10.2. The van der Waals surface area contributed by atoms with Gasteiger partial charge in [0, 0.05) is 18.2 Å². The van der Waals surface area contributed by atoms with Gasteiger partial charge in [0.05, 0.1) is 38.1 Å². The van der Waals surface area contributed by atoms with Gasteiger partial charge < -0.3 is 24.3 Å². The standard InChI is InChI=1S/C23H28ClNO5/c1-5-7-12-30-19-10-8-16(13-22(19)29-6-2)9-11-23(26)25-18-15-20(27-3)17(24)14-21(18)28-4/h8-11,13-15H,5-7,12H2,1-4H3,(H,25,26)/b11-9+. The first-order chi connectivity index (χ1) is 14.5. The zero-order valence-electron chi connectivity index (χ0n) is 17.8. The van der Waals surface area contributed by atoms with Gasteiger partial charge in [-0.05, 0) is 37.1 Å². The Labute approximate surface area is 182 Å². The molecule has 0 radical (unpaired) electrons. The Hall–Kier alpha value is -2.86. The molecule has 0 atom stereocenters. The highest BCUT2D eigenvalue weighted by atomic mass is 35.5. The molecule has 0 unspecified atom stereocenters. The Balaban J connectivity index is 2.13. The number of anilines is 1. The molecular weight excluding hydrogens is 406 g/mol. The van der Waals surface area contributed by atoms with E-state index in [0.717, 1.165) is 18.4 Å². The van der Waals surface area contributed by atoms with Crippen molar-refractivity contribution < 1.29 is 23.7 Å². The molecular formula is C23H28ClNO5. The molecule has 1 amide bonds. The van der Waals surface area contributed by atoms with Crippen LogP contribution in [-0.2, 0) is 4.79 Å². The van der Waals surface area contributed by atoms with Crippen LogP contribution in [0, 0.1) is 0 Å². The molecule has 162 valence electrons. The fraction of sp³-hybridized carbons (Fsp3) is 0.348. The summed E-state index contributed by atoms with van der Waals surface area (Å²) in [6, 6.07) is 8.78. The molecule has 0 spiro atoms. The van der Waals surface area contributed by atoms with Gasteiger partial charge in [0.2, 0.25) is 5.91 Å². The average molecular weight is 434 g/mol. The van der Waals surface area contributed by atoms with Crippen LogP contribution in [0.4, 0.5) is 5.69 Å². The Kier molecular flexibility index (Phi) is 9.35. The maximum absolute atomic E-state index is 12.4. The van der Waals surface area contributed by atoms with Crippen LogP contribution in [0.15, 0.2) is 36.4 Å². The molecule has 2 rings (SSSR count). The quantitative estimate of drug-likeness (QED) is 0.369. The summed E-state index contributed by atoms with van der Waals surface area (Å²) in [5.41, 5.74) is 1.28. The zero-order valence-corrected chi connectivity index (χ0v) is 18.5. The number of unbranched alkanes of at least 4 members (excludes halogenated alkanes) is 1. The Morgan fingerprint density at radius 1 is 1.00 bits per heavy atom. The maximum Gasteiger partial charge on any atom is 0.248 e. The van der Waals surface area contributed by atoms with Gasteiger partial charge in [-0.3, -0.25) is 4.79 Å². The summed E-state index contributed by atoms with van der Waals surface area (Å²) >= 11 is 6.10. The highest BCUT2D eigenvalue weighted by Crippen LogP contribution is 2.36. The first-order valence-corrected chi connectivity index (χ1v) is 10.2. The number of amides is 1. The predicted molar refractivity (Wildman–Crippen MR) is 120 cm³/mol. The number of carbonyl (C=O) groups is 1. The third kappa shape index (κ3) is 6.59. The van der Waals surface area contributed by atoms with Crippen LogP contribution >= 0.6 is 11.6 Å². The predicted octanol–water partition coefficient (Wildman–Crippen LogP) is 5.59. The lowest BCUT2D eigenvalue weighted by Crippen LogP contribution is -2.09. The van der Waals surface area contributed by atoms with Crippen molar-refractivity contribution >= 4 is 29.3 Å². The highest BCUT2D eigenvalue weighted by Gasteiger charge is 2.12. The minimum atomic E-state index is -0.320. The third-order valence-corrected chi connectivity index (χ3v) is 4.48. The second kappa shape index (κ2) is 12.0. The SMILES string of the molecule is CCCCOc1ccc(/C=C/C(=O)Nc2cc(OC)c(Cl)cc2OC)cc1OCC. The summed E-state index contributed by atoms with van der Waals surface area (Å²) in [5.74, 6) is 1.91. The molecule has 7 heteroatoms. The van der Waals surface area contributed by atoms with Crippen molar-refractivity contribution in [2.45, 2.75) is 26.7 Å². The molecule has 6 nitrogen and oxygen atoms in total. The lowest BCUT2D eigenvalue weighted by Gasteiger charge is -2.13. The van der Waals surface area contributed by atoms with E-state index in [9.17, 15) is 4.79 Å². The van der Waals surface area contributed by atoms with Crippen LogP contribution in [-0.4, -0.2) is 33.3 Å². The van der Waals surface area contributed by atoms with Gasteiger partial charge in [0.1, 0.15) is 11.5 Å². The Morgan fingerprint density at radius 2 is 1.77 bits per heavy atom. The van der Waals surface area contributed by atoms with E-state index < -0.39 is 0 Å². The molecule has 30 heavy (non-hydrogen) atoms. The number of methoxy groups -OCH3 is 2. The van der Waals surface area contributed by atoms with Gasteiger partial charge in [0.25, 0.3) is 0 Å². The highest BCUT2D eigenvalue weighted by molar-refractivity contribution is 6.32. The molecule has 0 bridgehead atoms. The summed E-state index contributed by atoms with van der Waals surface area (Å²) < 4.78 is 21.9. The summed E-state index contributed by atoms with van der Waals surface area (Å²) in [7, 11) is 3.01. The van der Waals surface area contributed by atoms with Crippen molar-refractivity contribution in [3.8, 4) is 23.0 Å². The molecule has 0 saturated carbocycles. The number of carbonyl (C=O) groups excluding carboxylic acids is 1. The molecule has 2 aromatic carbocycles. The largest absolute Gasteiger partial charge is 0.495 e. The van der Waals surface area contributed by atoms with Crippen LogP contribution in [0.5, 0.6) is 23.0 Å². The van der Waals surface area contributed by atoms with Crippen molar-refractivity contribution in [1.82, 2.24) is 0 Å². The normalized spacial score (nSPS) is 10.7. The summed E-state index contributed by atoms with van der Waals surface area (Å²) in [5, 5.41) is 3.17. The van der Waals surface area contributed by atoms with Crippen molar-refractivity contribution in [3.63, 3.8) is 0 Å². The lowest BCUT2D eigenvalue weighted by molar-refractivity contribution is -0.111. The number of hydrogen-bond donors (Lipinski definition) is 1. The maximum atomic E-state index is 12.4. The number of nitrogens with one attached hydrogen (secondary N) is 1. The van der Waals surface area contributed by atoms with E-state index >= 15 is 0 Å². The van der Waals surface area contributed by atoms with E-state index in [1.165, 1.54) is 20.3 Å². The fourth-order valence-electron chi connectivity index (χ4n) is 2.65. The van der Waals surface area contributed by atoms with Gasteiger partial charge in [-0.15, -0.1) is 0 Å². The minimum absolute atomic E-state index is 0.320. The molecule has 2 aromatic rings. The monoisotopic (exact) mass is 433 g/mol. The van der Waals surface area contributed by atoms with Gasteiger partial charge in [-0.25, -0.2) is 0 Å². The van der Waals surface area contributed by atoms with Crippen molar-refractivity contribution in [2.75, 3.05) is 32.8 Å². The van der Waals surface area contributed by atoms with Crippen molar-refractivity contribution in [1.29, 1.82) is 0 Å². The number of benzene rings is 2. The van der Waals surface area contributed by atoms with E-state index in [0.29, 0.717) is 46.9 Å². The summed E-state index contributed by atoms with van der Waals surface area (Å²) in [4.78, 5) is 12.4. The van der Waals surface area contributed by atoms with Gasteiger partial charge in [0.15, 0.2) is 11.5 Å². The third-order valence-electron chi connectivity index (χ3n) is 4.18. The van der Waals surface area contributed by atoms with E-state index in [4.69, 9.17) is 30.5 Å². The smallest absolute Gasteiger partial charge is 0.248 e. The van der Waals surface area contributed by atoms with Crippen LogP contribution in [0.3, 0.4) is 0 Å². The Bertz CT molecular complexity index is 882. The van der Waals surface area contributed by atoms with E-state index in [1.54, 1.807) is 18.2 Å². The Morgan fingerprint density at radius 3 is 2.43 bits per heavy atom. The zero-order chi connectivity index (χ0) is 21.9. The molecule has 0 aliphatic heterocycles. The first-order valence-electron chi connectivity index (χ1n) is 9.82. The van der Waals surface area contributed by atoms with Crippen LogP contribution < -0.4 is 24.3 Å². The first kappa shape index (κ1) is 23.4. The van der Waals surface area contributed by atoms with Crippen LogP contribution in [0.25, 0.3) is 6.08 Å². The van der Waals surface area contributed by atoms with Crippen LogP contribution in [0.2, 0.25) is 5.02 Å². The van der Waals surface area contributed by atoms with Gasteiger partial charge >= 0.3 is 0 Å². The van der Waals surface area contributed by atoms with Crippen molar-refractivity contribution in [2.24, 2.45) is 0 Å². The number of rotatable bonds is 11. The molecule has 0 saturated heterocycles. The molecule has 0 aliphatic carbocycles. The van der Waals surface area contributed by atoms with Gasteiger partial charge in [-0.1, -0.05) is 31.0 Å². The van der Waals surface area contributed by atoms with Crippen LogP contribution in [0.1, 0.15) is 32.3 Å². The van der Waals surface area contributed by atoms with Crippen molar-refractivity contribution in [3.05, 3.63) is 47.0 Å². The molecule has 0 aliphatic rings. The number of halogens is 1. The average Bonchev–Trinajstić information content (AvgIpc) is 2.74. The summed E-state index contributed by atoms with van der Waals surface area (Å²) in [6.45, 7) is 5.19. The second-order valence-electron chi connectivity index (χ2n) is 6.35. The molecule has 0 fully saturated rings. The van der Waals surface area contributed by atoms with E-state index in [1.807, 2.05) is 25.1 Å². The molecule has 0 aromatic heterocycles.